The van der Waals surface area contributed by atoms with Crippen molar-refractivity contribution in [2.24, 2.45) is 0 Å². The molecule has 1 aliphatic heterocycles. The first-order valence-electron chi connectivity index (χ1n) is 10.1. The number of halogens is 1. The zero-order valence-electron chi connectivity index (χ0n) is 17.7. The van der Waals surface area contributed by atoms with Gasteiger partial charge >= 0.3 is 5.97 Å². The minimum atomic E-state index is -1.69. The van der Waals surface area contributed by atoms with Crippen molar-refractivity contribution in [1.29, 1.82) is 0 Å². The van der Waals surface area contributed by atoms with E-state index in [2.05, 4.69) is 16.0 Å². The highest BCUT2D eigenvalue weighted by atomic mass is 35.5. The normalized spacial score (nSPS) is 14.3. The average Bonchev–Trinajstić information content (AvgIpc) is 3.25. The van der Waals surface area contributed by atoms with E-state index >= 15 is 0 Å². The van der Waals surface area contributed by atoms with E-state index in [-0.39, 0.29) is 31.0 Å². The van der Waals surface area contributed by atoms with Crippen molar-refractivity contribution in [3.05, 3.63) is 51.2 Å². The second kappa shape index (κ2) is 11.6. The Balaban J connectivity index is 1.54. The van der Waals surface area contributed by atoms with Gasteiger partial charge in [0.05, 0.1) is 15.8 Å². The Bertz CT molecular complexity index is 1110. The number of morpholine rings is 1. The number of hydrogen-bond donors (Lipinski definition) is 4. The Kier molecular flexibility index (Phi) is 8.57. The fourth-order valence-electron chi connectivity index (χ4n) is 3.03. The monoisotopic (exact) mass is 508 g/mol. The predicted molar refractivity (Wildman–Crippen MR) is 123 cm³/mol. The van der Waals surface area contributed by atoms with Crippen molar-refractivity contribution in [3.8, 4) is 0 Å². The summed E-state index contributed by atoms with van der Waals surface area (Å²) in [5.41, 5.74) is 0.582. The summed E-state index contributed by atoms with van der Waals surface area (Å²) in [4.78, 5) is 62.1. The molecule has 4 amide bonds. The van der Waals surface area contributed by atoms with Crippen LogP contribution in [0.15, 0.2) is 36.4 Å². The van der Waals surface area contributed by atoms with Gasteiger partial charge in [0, 0.05) is 30.8 Å². The third-order valence-corrected chi connectivity index (χ3v) is 5.90. The second-order valence-corrected chi connectivity index (χ2v) is 8.79. The van der Waals surface area contributed by atoms with Gasteiger partial charge in [0.2, 0.25) is 12.1 Å². The summed E-state index contributed by atoms with van der Waals surface area (Å²) in [6.45, 7) is 0.575. The molecule has 180 valence electrons. The van der Waals surface area contributed by atoms with Gasteiger partial charge in [0.1, 0.15) is 6.61 Å². The molecule has 1 saturated heterocycles. The maximum absolute atomic E-state index is 12.6. The molecule has 3 rings (SSSR count). The SMILES string of the molecule is O=C(CCNC(=O)c1ccc(Cl)s1)NC(NC(=O)c1cccc(N2CCOCC2=O)c1)C(=O)O. The molecular weight excluding hydrogens is 488 g/mol. The molecular formula is C21H21ClN4O7S. The molecule has 0 saturated carbocycles. The van der Waals surface area contributed by atoms with E-state index in [4.69, 9.17) is 16.3 Å². The Hall–Kier alpha value is -3.48. The van der Waals surface area contributed by atoms with Crippen LogP contribution in [0.3, 0.4) is 0 Å². The molecule has 0 radical (unpaired) electrons. The van der Waals surface area contributed by atoms with E-state index in [1.807, 2.05) is 0 Å². The summed E-state index contributed by atoms with van der Waals surface area (Å²) in [6, 6.07) is 9.23. The first-order valence-corrected chi connectivity index (χ1v) is 11.3. The van der Waals surface area contributed by atoms with E-state index < -0.39 is 29.9 Å². The second-order valence-electron chi connectivity index (χ2n) is 7.07. The first-order chi connectivity index (χ1) is 16.2. The van der Waals surface area contributed by atoms with Crippen LogP contribution in [0, 0.1) is 0 Å². The summed E-state index contributed by atoms with van der Waals surface area (Å²) < 4.78 is 5.54. The zero-order chi connectivity index (χ0) is 24.7. The van der Waals surface area contributed by atoms with Crippen molar-refractivity contribution >= 4 is 58.2 Å². The quantitative estimate of drug-likeness (QED) is 0.366. The van der Waals surface area contributed by atoms with Gasteiger partial charge in [0.15, 0.2) is 0 Å². The average molecular weight is 509 g/mol. The highest BCUT2D eigenvalue weighted by molar-refractivity contribution is 7.18. The van der Waals surface area contributed by atoms with Crippen molar-refractivity contribution in [1.82, 2.24) is 16.0 Å². The number of carbonyl (C=O) groups is 5. The standard InChI is InChI=1S/C21H21ClN4O7S/c22-15-5-4-14(34-15)20(30)23-7-6-16(27)24-18(21(31)32)25-19(29)12-2-1-3-13(10-12)26-8-9-33-11-17(26)28/h1-5,10,18H,6-9,11H2,(H,23,30)(H,24,27)(H,25,29)(H,31,32). The van der Waals surface area contributed by atoms with Gasteiger partial charge in [-0.15, -0.1) is 11.3 Å². The molecule has 1 aromatic carbocycles. The van der Waals surface area contributed by atoms with Crippen molar-refractivity contribution in [2.45, 2.75) is 12.6 Å². The van der Waals surface area contributed by atoms with E-state index in [1.54, 1.807) is 24.3 Å². The van der Waals surface area contributed by atoms with Gasteiger partial charge in [-0.25, -0.2) is 4.79 Å². The van der Waals surface area contributed by atoms with E-state index in [9.17, 15) is 29.1 Å². The van der Waals surface area contributed by atoms with Crippen LogP contribution < -0.4 is 20.9 Å². The molecule has 1 fully saturated rings. The lowest BCUT2D eigenvalue weighted by molar-refractivity contribution is -0.142. The highest BCUT2D eigenvalue weighted by Crippen LogP contribution is 2.21. The number of benzene rings is 1. The van der Waals surface area contributed by atoms with Crippen LogP contribution in [0.2, 0.25) is 4.34 Å². The Morgan fingerprint density at radius 1 is 1.15 bits per heavy atom. The van der Waals surface area contributed by atoms with Crippen LogP contribution in [0.25, 0.3) is 0 Å². The Morgan fingerprint density at radius 3 is 2.62 bits per heavy atom. The maximum atomic E-state index is 12.6. The number of ether oxygens (including phenoxy) is 1. The molecule has 11 nitrogen and oxygen atoms in total. The van der Waals surface area contributed by atoms with Crippen LogP contribution in [0.1, 0.15) is 26.5 Å². The topological polar surface area (TPSA) is 154 Å². The van der Waals surface area contributed by atoms with Crippen LogP contribution in [-0.2, 0) is 19.1 Å². The van der Waals surface area contributed by atoms with Crippen LogP contribution >= 0.6 is 22.9 Å². The number of thiophene rings is 1. The largest absolute Gasteiger partial charge is 0.478 e. The summed E-state index contributed by atoms with van der Waals surface area (Å²) in [7, 11) is 0. The van der Waals surface area contributed by atoms with Crippen LogP contribution in [-0.4, -0.2) is 67.2 Å². The van der Waals surface area contributed by atoms with Gasteiger partial charge < -0.3 is 30.7 Å². The molecule has 2 aromatic rings. The number of carbonyl (C=O) groups excluding carboxylic acids is 4. The van der Waals surface area contributed by atoms with E-state index in [0.717, 1.165) is 11.3 Å². The molecule has 1 atom stereocenters. The number of nitrogens with one attached hydrogen (secondary N) is 3. The molecule has 13 heteroatoms. The van der Waals surface area contributed by atoms with Gasteiger partial charge in [-0.3, -0.25) is 19.2 Å². The Morgan fingerprint density at radius 2 is 1.94 bits per heavy atom. The number of rotatable bonds is 9. The summed E-state index contributed by atoms with van der Waals surface area (Å²) in [6.07, 6.45) is -1.90. The summed E-state index contributed by atoms with van der Waals surface area (Å²) >= 11 is 6.86. The molecule has 1 unspecified atom stereocenters. The fourth-order valence-corrected chi connectivity index (χ4v) is 3.99. The van der Waals surface area contributed by atoms with Crippen LogP contribution in [0.4, 0.5) is 5.69 Å². The van der Waals surface area contributed by atoms with Crippen molar-refractivity contribution in [2.75, 3.05) is 31.2 Å². The lowest BCUT2D eigenvalue weighted by Crippen LogP contribution is -2.53. The molecule has 0 spiro atoms. The Labute approximate surface area is 203 Å². The number of carboxylic acids is 1. The number of carboxylic acid groups (broad SMARTS) is 1. The minimum absolute atomic E-state index is 0.0455. The third-order valence-electron chi connectivity index (χ3n) is 4.67. The molecule has 1 aromatic heterocycles. The molecule has 1 aliphatic rings. The lowest BCUT2D eigenvalue weighted by atomic mass is 10.1. The van der Waals surface area contributed by atoms with E-state index in [1.165, 1.54) is 17.0 Å². The summed E-state index contributed by atoms with van der Waals surface area (Å²) in [5.74, 6) is -3.58. The van der Waals surface area contributed by atoms with E-state index in [0.29, 0.717) is 28.1 Å². The number of aliphatic carboxylic acids is 1. The van der Waals surface area contributed by atoms with Gasteiger partial charge in [-0.1, -0.05) is 17.7 Å². The lowest BCUT2D eigenvalue weighted by Gasteiger charge is -2.27. The van der Waals surface area contributed by atoms with Gasteiger partial charge in [-0.05, 0) is 30.3 Å². The number of amides is 4. The number of anilines is 1. The van der Waals surface area contributed by atoms with Crippen molar-refractivity contribution < 1.29 is 33.8 Å². The third kappa shape index (κ3) is 6.76. The molecule has 2 heterocycles. The van der Waals surface area contributed by atoms with Crippen LogP contribution in [0.5, 0.6) is 0 Å². The molecule has 0 bridgehead atoms. The minimum Gasteiger partial charge on any atom is -0.478 e. The predicted octanol–water partition coefficient (Wildman–Crippen LogP) is 0.841. The molecule has 0 aliphatic carbocycles. The van der Waals surface area contributed by atoms with Gasteiger partial charge in [-0.2, -0.15) is 0 Å². The number of hydrogen-bond acceptors (Lipinski definition) is 7. The number of nitrogens with zero attached hydrogens (tertiary/aromatic N) is 1. The smallest absolute Gasteiger partial charge is 0.347 e. The molecule has 34 heavy (non-hydrogen) atoms. The zero-order valence-corrected chi connectivity index (χ0v) is 19.3. The molecule has 4 N–H and O–H groups in total. The maximum Gasteiger partial charge on any atom is 0.347 e. The summed E-state index contributed by atoms with van der Waals surface area (Å²) in [5, 5.41) is 16.4. The first kappa shape index (κ1) is 25.1. The van der Waals surface area contributed by atoms with Crippen molar-refractivity contribution in [3.63, 3.8) is 0 Å². The highest BCUT2D eigenvalue weighted by Gasteiger charge is 2.24. The van der Waals surface area contributed by atoms with Gasteiger partial charge in [0.25, 0.3) is 17.7 Å². The fraction of sp³-hybridized carbons (Fsp3) is 0.286.